The summed E-state index contributed by atoms with van der Waals surface area (Å²) >= 11 is 1.04. The van der Waals surface area contributed by atoms with Crippen LogP contribution in [0.1, 0.15) is 0 Å². The van der Waals surface area contributed by atoms with E-state index in [2.05, 4.69) is 10.6 Å². The number of thioether (sulfide) groups is 1. The molecule has 0 saturated heterocycles. The molecule has 2 N–H and O–H groups in total. The van der Waals surface area contributed by atoms with Crippen LogP contribution in [0.5, 0.6) is 0 Å². The lowest BCUT2D eigenvalue weighted by Crippen LogP contribution is -2.15. The van der Waals surface area contributed by atoms with Gasteiger partial charge in [0, 0.05) is 11.4 Å². The van der Waals surface area contributed by atoms with E-state index in [0.29, 0.717) is 16.4 Å². The molecular weight excluding hydrogens is 339 g/mol. The van der Waals surface area contributed by atoms with Crippen LogP contribution >= 0.6 is 11.8 Å². The van der Waals surface area contributed by atoms with Gasteiger partial charge in [-0.1, -0.05) is 30.0 Å². The summed E-state index contributed by atoms with van der Waals surface area (Å²) in [5.74, 6) is -0.740. The summed E-state index contributed by atoms with van der Waals surface area (Å²) in [4.78, 5) is 12.0. The van der Waals surface area contributed by atoms with Crippen molar-refractivity contribution in [3.8, 4) is 12.1 Å². The van der Waals surface area contributed by atoms with E-state index in [-0.39, 0.29) is 17.2 Å². The molecule has 2 aromatic rings. The third-order valence-electron chi connectivity index (χ3n) is 2.96. The summed E-state index contributed by atoms with van der Waals surface area (Å²) in [6.07, 6.45) is 0. The molecule has 0 heterocycles. The van der Waals surface area contributed by atoms with Gasteiger partial charge in [0.25, 0.3) is 0 Å². The van der Waals surface area contributed by atoms with E-state index < -0.39 is 5.82 Å². The Kier molecular flexibility index (Phi) is 6.58. The van der Waals surface area contributed by atoms with Gasteiger partial charge < -0.3 is 10.6 Å². The number of benzene rings is 2. The minimum atomic E-state index is -0.391. The van der Waals surface area contributed by atoms with E-state index >= 15 is 0 Å². The number of hydrogen-bond acceptors (Lipinski definition) is 5. The molecule has 0 atom stereocenters. The Morgan fingerprint density at radius 1 is 0.960 bits per heavy atom. The number of nitrogens with one attached hydrogen (secondary N) is 2. The minimum Gasteiger partial charge on any atom is -0.349 e. The Balaban J connectivity index is 2.03. The second-order valence-corrected chi connectivity index (χ2v) is 5.75. The number of halogens is 1. The van der Waals surface area contributed by atoms with Crippen molar-refractivity contribution in [1.82, 2.24) is 0 Å². The van der Waals surface area contributed by atoms with Crippen LogP contribution < -0.4 is 10.6 Å². The number of anilines is 2. The maximum atomic E-state index is 12.9. The lowest BCUT2D eigenvalue weighted by molar-refractivity contribution is -0.113. The quantitative estimate of drug-likeness (QED) is 0.771. The van der Waals surface area contributed by atoms with Crippen molar-refractivity contribution in [2.45, 2.75) is 0 Å². The number of nitrogens with zero attached hydrogens (tertiary/aromatic N) is 2. The van der Waals surface area contributed by atoms with Gasteiger partial charge in [-0.15, -0.1) is 0 Å². The molecule has 0 aromatic heterocycles. The fourth-order valence-corrected chi connectivity index (χ4v) is 2.59. The van der Waals surface area contributed by atoms with Crippen LogP contribution in [0.4, 0.5) is 15.8 Å². The molecule has 25 heavy (non-hydrogen) atoms. The zero-order valence-electron chi connectivity index (χ0n) is 13.0. The van der Waals surface area contributed by atoms with Crippen molar-refractivity contribution in [2.24, 2.45) is 0 Å². The molecule has 0 radical (unpaired) electrons. The number of allylic oxidation sites excluding steroid dienone is 1. The molecule has 1 amide bonds. The molecule has 2 aromatic carbocycles. The Labute approximate surface area is 148 Å². The Morgan fingerprint density at radius 2 is 1.56 bits per heavy atom. The monoisotopic (exact) mass is 352 g/mol. The first-order valence-electron chi connectivity index (χ1n) is 7.17. The Bertz CT molecular complexity index is 835. The Hall–Kier alpha value is -3.29. The second kappa shape index (κ2) is 9.11. The number of para-hydroxylation sites is 1. The average Bonchev–Trinajstić information content (AvgIpc) is 2.63. The first-order valence-corrected chi connectivity index (χ1v) is 8.15. The summed E-state index contributed by atoms with van der Waals surface area (Å²) in [5, 5.41) is 24.1. The fraction of sp³-hybridized carbons (Fsp3) is 0.0556. The highest BCUT2D eigenvalue weighted by atomic mass is 32.2. The van der Waals surface area contributed by atoms with Crippen LogP contribution in [0.25, 0.3) is 0 Å². The van der Waals surface area contributed by atoms with Crippen LogP contribution in [0.2, 0.25) is 0 Å². The number of nitriles is 2. The molecule has 0 aliphatic rings. The third-order valence-corrected chi connectivity index (χ3v) is 3.96. The summed E-state index contributed by atoms with van der Waals surface area (Å²) in [6.45, 7) is 0. The van der Waals surface area contributed by atoms with E-state index in [4.69, 9.17) is 10.5 Å². The molecule has 0 fully saturated rings. The maximum absolute atomic E-state index is 12.9. The van der Waals surface area contributed by atoms with E-state index in [0.717, 1.165) is 11.8 Å². The topological polar surface area (TPSA) is 88.7 Å². The van der Waals surface area contributed by atoms with Gasteiger partial charge in [-0.3, -0.25) is 4.79 Å². The molecule has 0 aliphatic carbocycles. The normalized spacial score (nSPS) is 9.40. The number of hydrogen-bond donors (Lipinski definition) is 2. The van der Waals surface area contributed by atoms with Gasteiger partial charge in [-0.25, -0.2) is 4.39 Å². The molecule has 0 saturated carbocycles. The average molecular weight is 352 g/mol. The molecule has 0 unspecified atom stereocenters. The summed E-state index contributed by atoms with van der Waals surface area (Å²) in [6, 6.07) is 18.0. The molecule has 7 heteroatoms. The van der Waals surface area contributed by atoms with Crippen molar-refractivity contribution in [2.75, 3.05) is 16.4 Å². The first kappa shape index (κ1) is 18.1. The molecule has 0 aliphatic heterocycles. The predicted molar refractivity (Wildman–Crippen MR) is 95.8 cm³/mol. The van der Waals surface area contributed by atoms with Crippen LogP contribution in [0.3, 0.4) is 0 Å². The van der Waals surface area contributed by atoms with E-state index in [1.807, 2.05) is 30.3 Å². The van der Waals surface area contributed by atoms with E-state index in [1.54, 1.807) is 12.1 Å². The van der Waals surface area contributed by atoms with Crippen LogP contribution in [-0.2, 0) is 4.79 Å². The van der Waals surface area contributed by atoms with Crippen LogP contribution in [-0.4, -0.2) is 11.7 Å². The molecule has 0 spiro atoms. The number of rotatable bonds is 6. The van der Waals surface area contributed by atoms with Gasteiger partial charge in [0.05, 0.1) is 5.75 Å². The second-order valence-electron chi connectivity index (χ2n) is 4.76. The van der Waals surface area contributed by atoms with Crippen LogP contribution in [0.15, 0.2) is 65.2 Å². The predicted octanol–water partition coefficient (Wildman–Crippen LogP) is 3.87. The highest BCUT2D eigenvalue weighted by molar-refractivity contribution is 8.03. The highest BCUT2D eigenvalue weighted by Crippen LogP contribution is 2.23. The first-order chi connectivity index (χ1) is 12.1. The van der Waals surface area contributed by atoms with Crippen molar-refractivity contribution in [1.29, 1.82) is 10.5 Å². The van der Waals surface area contributed by atoms with Gasteiger partial charge in [-0.05, 0) is 36.4 Å². The smallest absolute Gasteiger partial charge is 0.234 e. The minimum absolute atomic E-state index is 0.0145. The van der Waals surface area contributed by atoms with Gasteiger partial charge in [0.15, 0.2) is 5.57 Å². The highest BCUT2D eigenvalue weighted by Gasteiger charge is 2.11. The maximum Gasteiger partial charge on any atom is 0.234 e. The van der Waals surface area contributed by atoms with Gasteiger partial charge >= 0.3 is 0 Å². The Morgan fingerprint density at radius 3 is 2.16 bits per heavy atom. The number of amides is 1. The molecule has 2 rings (SSSR count). The largest absolute Gasteiger partial charge is 0.349 e. The molecule has 0 bridgehead atoms. The summed E-state index contributed by atoms with van der Waals surface area (Å²) < 4.78 is 12.9. The third kappa shape index (κ3) is 5.69. The number of carbonyl (C=O) groups is 1. The molecular formula is C18H13FN4OS. The number of carbonyl (C=O) groups excluding carboxylic acids is 1. The lowest BCUT2D eigenvalue weighted by atomic mass is 10.3. The fourth-order valence-electron chi connectivity index (χ4n) is 1.82. The van der Waals surface area contributed by atoms with Gasteiger partial charge in [0.2, 0.25) is 5.91 Å². The van der Waals surface area contributed by atoms with E-state index in [1.165, 1.54) is 24.3 Å². The zero-order valence-corrected chi connectivity index (χ0v) is 13.8. The summed E-state index contributed by atoms with van der Waals surface area (Å²) in [7, 11) is 0. The lowest BCUT2D eigenvalue weighted by Gasteiger charge is -2.11. The zero-order chi connectivity index (χ0) is 18.1. The van der Waals surface area contributed by atoms with Crippen molar-refractivity contribution < 1.29 is 9.18 Å². The van der Waals surface area contributed by atoms with Crippen LogP contribution in [0, 0.1) is 28.5 Å². The summed E-state index contributed by atoms with van der Waals surface area (Å²) in [5.41, 5.74) is 1.06. The van der Waals surface area contributed by atoms with Crippen molar-refractivity contribution in [3.63, 3.8) is 0 Å². The van der Waals surface area contributed by atoms with E-state index in [9.17, 15) is 9.18 Å². The van der Waals surface area contributed by atoms with Gasteiger partial charge in [-0.2, -0.15) is 10.5 Å². The van der Waals surface area contributed by atoms with Crippen molar-refractivity contribution >= 4 is 29.0 Å². The molecule has 124 valence electrons. The molecule has 5 nitrogen and oxygen atoms in total. The van der Waals surface area contributed by atoms with Crippen molar-refractivity contribution in [3.05, 3.63) is 71.0 Å². The standard InChI is InChI=1S/C18H13FN4OS/c19-14-6-8-16(9-7-14)22-17(24)12-25-18(13(10-20)11-21)23-15-4-2-1-3-5-15/h1-9,23H,12H2,(H,22,24). The van der Waals surface area contributed by atoms with Gasteiger partial charge in [0.1, 0.15) is 23.0 Å². The SMILES string of the molecule is N#CC(C#N)=C(Nc1ccccc1)SCC(=O)Nc1ccc(F)cc1.